The van der Waals surface area contributed by atoms with E-state index in [1.54, 1.807) is 11.0 Å². The number of halogens is 1. The number of hydrogen-bond donors (Lipinski definition) is 1. The normalized spacial score (nSPS) is 16.1. The molecule has 1 aromatic heterocycles. The van der Waals surface area contributed by atoms with Gasteiger partial charge >= 0.3 is 5.97 Å². The van der Waals surface area contributed by atoms with Gasteiger partial charge in [-0.1, -0.05) is 0 Å². The Balaban J connectivity index is 2.11. The Labute approximate surface area is 129 Å². The minimum atomic E-state index is -0.887. The Hall–Kier alpha value is -0.920. The molecular formula is C13H16BrNO4S. The summed E-state index contributed by atoms with van der Waals surface area (Å²) < 4.78 is 6.20. The molecule has 2 heterocycles. The highest BCUT2D eigenvalue weighted by molar-refractivity contribution is 9.11. The van der Waals surface area contributed by atoms with Crippen LogP contribution in [0.25, 0.3) is 0 Å². The Bertz CT molecular complexity index is 484. The van der Waals surface area contributed by atoms with Gasteiger partial charge in [-0.25, -0.2) is 0 Å². The van der Waals surface area contributed by atoms with Crippen LogP contribution in [0.5, 0.6) is 0 Å². The minimum Gasteiger partial charge on any atom is -0.481 e. The van der Waals surface area contributed by atoms with Crippen molar-refractivity contribution >= 4 is 39.1 Å². The molecule has 1 N–H and O–H groups in total. The van der Waals surface area contributed by atoms with Gasteiger partial charge in [0.2, 0.25) is 0 Å². The van der Waals surface area contributed by atoms with E-state index in [9.17, 15) is 9.59 Å². The van der Waals surface area contributed by atoms with E-state index in [1.165, 1.54) is 11.3 Å². The second kappa shape index (κ2) is 7.19. The molecule has 1 fully saturated rings. The average Bonchev–Trinajstić information content (AvgIpc) is 2.86. The lowest BCUT2D eigenvalue weighted by Crippen LogP contribution is -2.44. The predicted molar refractivity (Wildman–Crippen MR) is 79.1 cm³/mol. The third-order valence-corrected chi connectivity index (χ3v) is 4.85. The van der Waals surface area contributed by atoms with E-state index in [-0.39, 0.29) is 24.9 Å². The highest BCUT2D eigenvalue weighted by Gasteiger charge is 2.27. The molecule has 0 saturated carbocycles. The van der Waals surface area contributed by atoms with Crippen LogP contribution in [0, 0.1) is 0 Å². The molecule has 0 aromatic carbocycles. The molecule has 7 heteroatoms. The largest absolute Gasteiger partial charge is 0.481 e. The van der Waals surface area contributed by atoms with E-state index in [4.69, 9.17) is 9.84 Å². The Morgan fingerprint density at radius 3 is 2.65 bits per heavy atom. The number of ether oxygens (including phenoxy) is 1. The van der Waals surface area contributed by atoms with Crippen LogP contribution in [-0.4, -0.2) is 47.7 Å². The fourth-order valence-electron chi connectivity index (χ4n) is 2.23. The number of hydrogen-bond acceptors (Lipinski definition) is 4. The first kappa shape index (κ1) is 15.5. The molecule has 20 heavy (non-hydrogen) atoms. The molecule has 0 bridgehead atoms. The molecule has 0 spiro atoms. The van der Waals surface area contributed by atoms with Gasteiger partial charge in [-0.3, -0.25) is 9.59 Å². The van der Waals surface area contributed by atoms with Gasteiger partial charge in [0, 0.05) is 25.8 Å². The van der Waals surface area contributed by atoms with Gasteiger partial charge in [0.1, 0.15) is 0 Å². The number of nitrogens with zero attached hydrogens (tertiary/aromatic N) is 1. The molecule has 1 amide bonds. The summed E-state index contributed by atoms with van der Waals surface area (Å²) in [5, 5.41) is 8.85. The Morgan fingerprint density at radius 1 is 1.40 bits per heavy atom. The van der Waals surface area contributed by atoms with Crippen molar-refractivity contribution in [2.24, 2.45) is 0 Å². The van der Waals surface area contributed by atoms with Crippen molar-refractivity contribution in [1.29, 1.82) is 0 Å². The van der Waals surface area contributed by atoms with Gasteiger partial charge in [-0.2, -0.15) is 0 Å². The summed E-state index contributed by atoms with van der Waals surface area (Å²) >= 11 is 4.71. The number of thiophene rings is 1. The van der Waals surface area contributed by atoms with Crippen LogP contribution in [-0.2, 0) is 9.53 Å². The van der Waals surface area contributed by atoms with E-state index >= 15 is 0 Å². The molecule has 0 aliphatic carbocycles. The molecule has 1 saturated heterocycles. The lowest BCUT2D eigenvalue weighted by molar-refractivity contribution is -0.137. The fraction of sp³-hybridized carbons (Fsp3) is 0.538. The van der Waals surface area contributed by atoms with Crippen LogP contribution >= 0.6 is 27.3 Å². The molecular weight excluding hydrogens is 346 g/mol. The van der Waals surface area contributed by atoms with Crippen LogP contribution in [0.4, 0.5) is 0 Å². The Kier molecular flexibility index (Phi) is 5.56. The zero-order valence-electron chi connectivity index (χ0n) is 10.9. The summed E-state index contributed by atoms with van der Waals surface area (Å²) in [5.41, 5.74) is 0. The van der Waals surface area contributed by atoms with Crippen LogP contribution in [0.3, 0.4) is 0 Å². The highest BCUT2D eigenvalue weighted by atomic mass is 79.9. The van der Waals surface area contributed by atoms with Crippen molar-refractivity contribution in [3.05, 3.63) is 20.8 Å². The second-order valence-corrected chi connectivity index (χ2v) is 7.05. The molecule has 0 atom stereocenters. The van der Waals surface area contributed by atoms with Crippen molar-refractivity contribution in [1.82, 2.24) is 4.90 Å². The summed E-state index contributed by atoms with van der Waals surface area (Å²) in [7, 11) is 0. The van der Waals surface area contributed by atoms with Crippen molar-refractivity contribution < 1.29 is 19.4 Å². The van der Waals surface area contributed by atoms with Gasteiger partial charge in [-0.05, 0) is 40.9 Å². The molecule has 1 aliphatic heterocycles. The topological polar surface area (TPSA) is 66.8 Å². The standard InChI is InChI=1S/C13H16BrNO4S/c14-11-2-1-10(20-11)13(18)15(6-3-12(16)17)9-4-7-19-8-5-9/h1-2,9H,3-8H2,(H,16,17). The first-order valence-electron chi connectivity index (χ1n) is 6.44. The molecule has 5 nitrogen and oxygen atoms in total. The fourth-order valence-corrected chi connectivity index (χ4v) is 3.58. The maximum absolute atomic E-state index is 12.6. The van der Waals surface area contributed by atoms with Crippen LogP contribution in [0.2, 0.25) is 0 Å². The smallest absolute Gasteiger partial charge is 0.305 e. The molecule has 110 valence electrons. The van der Waals surface area contributed by atoms with Gasteiger partial charge < -0.3 is 14.7 Å². The number of carboxylic acid groups (broad SMARTS) is 1. The van der Waals surface area contributed by atoms with Crippen molar-refractivity contribution in [2.75, 3.05) is 19.8 Å². The molecule has 0 unspecified atom stereocenters. The quantitative estimate of drug-likeness (QED) is 0.875. The lowest BCUT2D eigenvalue weighted by atomic mass is 10.1. The zero-order chi connectivity index (χ0) is 14.5. The summed E-state index contributed by atoms with van der Waals surface area (Å²) in [6.07, 6.45) is 1.49. The second-order valence-electron chi connectivity index (χ2n) is 4.59. The number of carbonyl (C=O) groups is 2. The van der Waals surface area contributed by atoms with E-state index in [0.29, 0.717) is 18.1 Å². The minimum absolute atomic E-state index is 0.0321. The van der Waals surface area contributed by atoms with Gasteiger partial charge in [0.25, 0.3) is 5.91 Å². The first-order chi connectivity index (χ1) is 9.58. The van der Waals surface area contributed by atoms with E-state index in [1.807, 2.05) is 6.07 Å². The monoisotopic (exact) mass is 361 g/mol. The number of amides is 1. The molecule has 0 radical (unpaired) electrons. The number of rotatable bonds is 5. The van der Waals surface area contributed by atoms with Crippen LogP contribution < -0.4 is 0 Å². The maximum atomic E-state index is 12.6. The summed E-state index contributed by atoms with van der Waals surface area (Å²) in [6.45, 7) is 1.49. The number of carboxylic acids is 1. The van der Waals surface area contributed by atoms with Crippen LogP contribution in [0.1, 0.15) is 28.9 Å². The highest BCUT2D eigenvalue weighted by Crippen LogP contribution is 2.25. The van der Waals surface area contributed by atoms with E-state index in [0.717, 1.165) is 16.6 Å². The molecule has 1 aromatic rings. The van der Waals surface area contributed by atoms with Crippen molar-refractivity contribution in [3.8, 4) is 0 Å². The average molecular weight is 362 g/mol. The number of aliphatic carboxylic acids is 1. The SMILES string of the molecule is O=C(O)CCN(C(=O)c1ccc(Br)s1)C1CCOCC1. The third-order valence-electron chi connectivity index (χ3n) is 3.24. The first-order valence-corrected chi connectivity index (χ1v) is 8.04. The van der Waals surface area contributed by atoms with Gasteiger partial charge in [0.05, 0.1) is 15.1 Å². The third kappa shape index (κ3) is 4.04. The maximum Gasteiger partial charge on any atom is 0.305 e. The molecule has 1 aliphatic rings. The lowest BCUT2D eigenvalue weighted by Gasteiger charge is -2.33. The van der Waals surface area contributed by atoms with Crippen molar-refractivity contribution in [3.63, 3.8) is 0 Å². The van der Waals surface area contributed by atoms with Crippen LogP contribution in [0.15, 0.2) is 15.9 Å². The zero-order valence-corrected chi connectivity index (χ0v) is 13.3. The summed E-state index contributed by atoms with van der Waals surface area (Å²) in [5.74, 6) is -0.976. The number of carbonyl (C=O) groups excluding carboxylic acids is 1. The summed E-state index contributed by atoms with van der Waals surface area (Å²) in [6, 6.07) is 3.66. The predicted octanol–water partition coefficient (Wildman–Crippen LogP) is 2.61. The molecule has 2 rings (SSSR count). The van der Waals surface area contributed by atoms with Crippen molar-refractivity contribution in [2.45, 2.75) is 25.3 Å². The van der Waals surface area contributed by atoms with E-state index < -0.39 is 5.97 Å². The van der Waals surface area contributed by atoms with Gasteiger partial charge in [-0.15, -0.1) is 11.3 Å². The Morgan fingerprint density at radius 2 is 2.10 bits per heavy atom. The van der Waals surface area contributed by atoms with Gasteiger partial charge in [0.15, 0.2) is 0 Å². The summed E-state index contributed by atoms with van der Waals surface area (Å²) in [4.78, 5) is 25.7. The van der Waals surface area contributed by atoms with E-state index in [2.05, 4.69) is 15.9 Å².